The average Bonchev–Trinajstić information content (AvgIpc) is 3.98. The van der Waals surface area contributed by atoms with Crippen molar-refractivity contribution in [3.63, 3.8) is 0 Å². The van der Waals surface area contributed by atoms with Crippen LogP contribution in [-0.2, 0) is 0 Å². The number of hydrogen-bond acceptors (Lipinski definition) is 2. The topological polar surface area (TPSA) is 21.3 Å². The second-order valence-electron chi connectivity index (χ2n) is 18.1. The summed E-state index contributed by atoms with van der Waals surface area (Å²) in [5.41, 5.74) is 15.4. The van der Waals surface area contributed by atoms with E-state index in [9.17, 15) is 0 Å². The summed E-state index contributed by atoms with van der Waals surface area (Å²) < 4.78 is 9.36. The number of benzene rings is 12. The number of fused-ring (bicyclic) bond motifs is 11. The third-order valence-corrected chi connectivity index (χ3v) is 14.2. The van der Waals surface area contributed by atoms with Gasteiger partial charge in [-0.3, -0.25) is 0 Å². The number of hydrogen-bond donors (Lipinski definition) is 0. The number of furan rings is 1. The van der Waals surface area contributed by atoms with Gasteiger partial charge in [-0.05, 0) is 133 Å². The van der Waals surface area contributed by atoms with Crippen molar-refractivity contribution in [3.8, 4) is 39.1 Å². The summed E-state index contributed by atoms with van der Waals surface area (Å²) in [6, 6.07) is 92.4. The van der Waals surface area contributed by atoms with Crippen LogP contribution in [0.4, 0.5) is 17.1 Å². The first kappa shape index (κ1) is 39.0. The van der Waals surface area contributed by atoms with Crippen molar-refractivity contribution < 1.29 is 4.42 Å². The quantitative estimate of drug-likeness (QED) is 0.149. The normalized spacial score (nSPS) is 11.8. The minimum Gasteiger partial charge on any atom is -0.453 e. The van der Waals surface area contributed by atoms with Crippen LogP contribution in [0.2, 0.25) is 0 Å². The highest BCUT2D eigenvalue weighted by atomic mass is 16.3. The summed E-state index contributed by atoms with van der Waals surface area (Å²) in [5.74, 6) is 0. The zero-order valence-corrected chi connectivity index (χ0v) is 37.6. The molecule has 69 heavy (non-hydrogen) atoms. The highest BCUT2D eigenvalue weighted by Gasteiger charge is 2.21. The Bertz CT molecular complexity index is 4260. The molecule has 3 nitrogen and oxygen atoms in total. The van der Waals surface area contributed by atoms with E-state index >= 15 is 0 Å². The molecule has 14 rings (SSSR count). The lowest BCUT2D eigenvalue weighted by molar-refractivity contribution is 0.673. The Morgan fingerprint density at radius 2 is 0.739 bits per heavy atom. The van der Waals surface area contributed by atoms with Crippen LogP contribution in [0.1, 0.15) is 0 Å². The lowest BCUT2D eigenvalue weighted by Gasteiger charge is -2.26. The summed E-state index contributed by atoms with van der Waals surface area (Å²) in [6.45, 7) is 0. The zero-order valence-electron chi connectivity index (χ0n) is 37.6. The van der Waals surface area contributed by atoms with Crippen molar-refractivity contribution in [2.24, 2.45) is 0 Å². The molecule has 3 heteroatoms. The van der Waals surface area contributed by atoms with Gasteiger partial charge in [0.1, 0.15) is 5.58 Å². The SMILES string of the molecule is c1cc(-c2ccc(N(c3ccc(-c4cccc(-n5c6ccccc6c6ccccc65)c4)cc3)c3cccc4c3oc3c5ccccc5ccc43)cc2)cc(-c2ccc3c(ccc4ccccc43)c2)c1. The lowest BCUT2D eigenvalue weighted by atomic mass is 9.95. The molecular weight excluding hydrogens is 837 g/mol. The fourth-order valence-corrected chi connectivity index (χ4v) is 10.8. The molecule has 0 radical (unpaired) electrons. The average molecular weight is 879 g/mol. The number of anilines is 3. The lowest BCUT2D eigenvalue weighted by Crippen LogP contribution is -2.10. The van der Waals surface area contributed by atoms with Gasteiger partial charge in [-0.15, -0.1) is 0 Å². The van der Waals surface area contributed by atoms with Crippen LogP contribution in [0.25, 0.3) is 115 Å². The minimum atomic E-state index is 0.854. The van der Waals surface area contributed by atoms with E-state index in [-0.39, 0.29) is 0 Å². The molecule has 12 aromatic carbocycles. The molecule has 0 atom stereocenters. The van der Waals surface area contributed by atoms with Gasteiger partial charge in [0.05, 0.1) is 16.7 Å². The van der Waals surface area contributed by atoms with E-state index in [4.69, 9.17) is 4.42 Å². The summed E-state index contributed by atoms with van der Waals surface area (Å²) in [7, 11) is 0. The molecule has 0 saturated heterocycles. The van der Waals surface area contributed by atoms with E-state index in [1.54, 1.807) is 0 Å². The Labute approximate surface area is 399 Å². The fourth-order valence-electron chi connectivity index (χ4n) is 10.8. The van der Waals surface area contributed by atoms with Crippen molar-refractivity contribution in [1.82, 2.24) is 4.57 Å². The van der Waals surface area contributed by atoms with Crippen LogP contribution in [0.5, 0.6) is 0 Å². The highest BCUT2D eigenvalue weighted by molar-refractivity contribution is 6.18. The predicted octanol–water partition coefficient (Wildman–Crippen LogP) is 18.6. The predicted molar refractivity (Wildman–Crippen MR) is 292 cm³/mol. The van der Waals surface area contributed by atoms with E-state index in [1.807, 2.05) is 0 Å². The van der Waals surface area contributed by atoms with Crippen molar-refractivity contribution in [1.29, 1.82) is 0 Å². The Morgan fingerprint density at radius 1 is 0.275 bits per heavy atom. The molecular formula is C66H42N2O. The van der Waals surface area contributed by atoms with Crippen LogP contribution in [0, 0.1) is 0 Å². The maximum Gasteiger partial charge on any atom is 0.159 e. The molecule has 0 amide bonds. The van der Waals surface area contributed by atoms with E-state index in [0.29, 0.717) is 0 Å². The molecule has 0 aliphatic rings. The number of aromatic nitrogens is 1. The molecule has 0 aliphatic carbocycles. The highest BCUT2D eigenvalue weighted by Crippen LogP contribution is 2.45. The van der Waals surface area contributed by atoms with Crippen LogP contribution >= 0.6 is 0 Å². The molecule has 0 saturated carbocycles. The van der Waals surface area contributed by atoms with Gasteiger partial charge in [0.2, 0.25) is 0 Å². The molecule has 0 unspecified atom stereocenters. The maximum atomic E-state index is 6.98. The number of rotatable bonds is 7. The first-order valence-corrected chi connectivity index (χ1v) is 23.6. The van der Waals surface area contributed by atoms with Crippen LogP contribution in [0.15, 0.2) is 259 Å². The molecule has 0 aliphatic heterocycles. The van der Waals surface area contributed by atoms with Crippen molar-refractivity contribution in [3.05, 3.63) is 255 Å². The second kappa shape index (κ2) is 15.7. The summed E-state index contributed by atoms with van der Waals surface area (Å²) >= 11 is 0. The first-order valence-electron chi connectivity index (χ1n) is 23.6. The maximum absolute atomic E-state index is 6.98. The van der Waals surface area contributed by atoms with Crippen molar-refractivity contribution in [2.75, 3.05) is 4.90 Å². The van der Waals surface area contributed by atoms with E-state index in [0.717, 1.165) is 72.2 Å². The molecule has 14 aromatic rings. The smallest absolute Gasteiger partial charge is 0.159 e. The van der Waals surface area contributed by atoms with Gasteiger partial charge in [-0.1, -0.05) is 182 Å². The van der Waals surface area contributed by atoms with Gasteiger partial charge >= 0.3 is 0 Å². The van der Waals surface area contributed by atoms with Crippen LogP contribution in [0.3, 0.4) is 0 Å². The van der Waals surface area contributed by atoms with Crippen LogP contribution < -0.4 is 4.90 Å². The monoisotopic (exact) mass is 878 g/mol. The third kappa shape index (κ3) is 6.43. The van der Waals surface area contributed by atoms with E-state index in [2.05, 4.69) is 264 Å². The van der Waals surface area contributed by atoms with Gasteiger partial charge in [0.15, 0.2) is 5.58 Å². The standard InChI is InChI=1S/C66H42N2O/c1-3-18-55-45(12-1)26-27-51-41-50(33-38-56(51)55)48-15-9-14-47(40-48)43-28-34-52(35-29-43)67(64-25-11-22-60-61-39-32-46-13-2-4-19-57(46)65(61)69-66(60)64)53-36-30-44(31-37-53)49-16-10-17-54(42-49)68-62-23-7-5-20-58(62)59-21-6-8-24-63(59)68/h1-42H. The largest absolute Gasteiger partial charge is 0.453 e. The van der Waals surface area contributed by atoms with Gasteiger partial charge in [-0.2, -0.15) is 0 Å². The Balaban J connectivity index is 0.859. The second-order valence-corrected chi connectivity index (χ2v) is 18.1. The van der Waals surface area contributed by atoms with Gasteiger partial charge < -0.3 is 13.9 Å². The van der Waals surface area contributed by atoms with E-state index < -0.39 is 0 Å². The molecule has 0 bridgehead atoms. The Kier molecular flexibility index (Phi) is 8.90. The molecule has 322 valence electrons. The molecule has 0 N–H and O–H groups in total. The summed E-state index contributed by atoms with van der Waals surface area (Å²) in [6.07, 6.45) is 0. The number of nitrogens with zero attached hydrogens (tertiary/aromatic N) is 2. The van der Waals surface area contributed by atoms with Crippen LogP contribution in [-0.4, -0.2) is 4.57 Å². The summed E-state index contributed by atoms with van der Waals surface area (Å²) in [4.78, 5) is 2.34. The van der Waals surface area contributed by atoms with Gasteiger partial charge in [0.25, 0.3) is 0 Å². The molecule has 0 spiro atoms. The van der Waals surface area contributed by atoms with Gasteiger partial charge in [0, 0.05) is 44.0 Å². The number of para-hydroxylation sites is 3. The molecule has 2 heterocycles. The molecule has 2 aromatic heterocycles. The fraction of sp³-hybridized carbons (Fsp3) is 0. The van der Waals surface area contributed by atoms with E-state index in [1.165, 1.54) is 60.0 Å². The Hall–Kier alpha value is -9.18. The third-order valence-electron chi connectivity index (χ3n) is 14.2. The Morgan fingerprint density at radius 3 is 1.45 bits per heavy atom. The molecule has 0 fully saturated rings. The van der Waals surface area contributed by atoms with Crippen molar-refractivity contribution >= 4 is 93.1 Å². The first-order chi connectivity index (χ1) is 34.2. The zero-order chi connectivity index (χ0) is 45.4. The van der Waals surface area contributed by atoms with Crippen molar-refractivity contribution in [2.45, 2.75) is 0 Å². The summed E-state index contributed by atoms with van der Waals surface area (Å²) in [5, 5.41) is 12.1. The van der Waals surface area contributed by atoms with Gasteiger partial charge in [-0.25, -0.2) is 0 Å². The minimum absolute atomic E-state index is 0.854.